The van der Waals surface area contributed by atoms with Gasteiger partial charge in [0.15, 0.2) is 0 Å². The number of rotatable bonds is 1. The van der Waals surface area contributed by atoms with Gasteiger partial charge in [-0.15, -0.1) is 0 Å². The number of hydrogen-bond acceptors (Lipinski definition) is 3. The summed E-state index contributed by atoms with van der Waals surface area (Å²) in [6, 6.07) is 0. The first-order valence-electron chi connectivity index (χ1n) is 3.81. The van der Waals surface area contributed by atoms with E-state index in [0.717, 1.165) is 14.7 Å². The minimum absolute atomic E-state index is 0.533. The summed E-state index contributed by atoms with van der Waals surface area (Å²) >= 11 is 2.24. The van der Waals surface area contributed by atoms with E-state index in [1.165, 1.54) is 0 Å². The van der Waals surface area contributed by atoms with Gasteiger partial charge in [0.05, 0.1) is 17.1 Å². The number of hydrogen-bond donors (Lipinski definition) is 2. The topological polar surface area (TPSA) is 64.4 Å². The van der Waals surface area contributed by atoms with Crippen LogP contribution in [0, 0.1) is 17.4 Å². The average Bonchev–Trinajstić information content (AvgIpc) is 2.13. The summed E-state index contributed by atoms with van der Waals surface area (Å²) in [5.41, 5.74) is 15.5. The van der Waals surface area contributed by atoms with Gasteiger partial charge >= 0.3 is 0 Å². The molecule has 70 valence electrons. The smallest absolute Gasteiger partial charge is 0.0912 e. The first-order valence-corrected chi connectivity index (χ1v) is 4.88. The highest BCUT2D eigenvalue weighted by molar-refractivity contribution is 14.1. The average molecular weight is 289 g/mol. The fraction of sp³-hybridized carbons (Fsp3) is 0.222. The van der Waals surface area contributed by atoms with E-state index in [0.29, 0.717) is 17.1 Å². The molecule has 1 rings (SSSR count). The zero-order chi connectivity index (χ0) is 10.2. The molecule has 0 aromatic heterocycles. The summed E-state index contributed by atoms with van der Waals surface area (Å²) in [6.45, 7) is 7.39. The van der Waals surface area contributed by atoms with Gasteiger partial charge in [-0.3, -0.25) is 4.99 Å². The number of nitrogens with zero attached hydrogens (tertiary/aromatic N) is 1. The van der Waals surface area contributed by atoms with Gasteiger partial charge in [0.25, 0.3) is 0 Å². The van der Waals surface area contributed by atoms with Crippen LogP contribution < -0.4 is 11.5 Å². The number of benzene rings is 1. The van der Waals surface area contributed by atoms with E-state index in [-0.39, 0.29) is 0 Å². The van der Waals surface area contributed by atoms with Crippen LogP contribution in [0.1, 0.15) is 11.1 Å². The Labute approximate surface area is 91.4 Å². The van der Waals surface area contributed by atoms with Gasteiger partial charge in [-0.2, -0.15) is 0 Å². The van der Waals surface area contributed by atoms with Gasteiger partial charge in [-0.25, -0.2) is 0 Å². The van der Waals surface area contributed by atoms with Crippen molar-refractivity contribution in [3.05, 3.63) is 14.7 Å². The number of halogens is 1. The Kier molecular flexibility index (Phi) is 2.80. The lowest BCUT2D eigenvalue weighted by molar-refractivity contribution is 1.32. The maximum Gasteiger partial charge on any atom is 0.0912 e. The zero-order valence-electron chi connectivity index (χ0n) is 7.69. The second-order valence-corrected chi connectivity index (χ2v) is 3.98. The molecule has 4 heteroatoms. The molecule has 4 N–H and O–H groups in total. The van der Waals surface area contributed by atoms with Crippen molar-refractivity contribution in [3.8, 4) is 0 Å². The van der Waals surface area contributed by atoms with Crippen LogP contribution in [-0.4, -0.2) is 6.72 Å². The van der Waals surface area contributed by atoms with Gasteiger partial charge in [-0.1, -0.05) is 0 Å². The molecular formula is C9H12IN3. The Morgan fingerprint density at radius 3 is 2.15 bits per heavy atom. The highest BCUT2D eigenvalue weighted by Gasteiger charge is 2.12. The van der Waals surface area contributed by atoms with Crippen molar-refractivity contribution in [2.45, 2.75) is 13.8 Å². The summed E-state index contributed by atoms with van der Waals surface area (Å²) in [6.07, 6.45) is 0. The van der Waals surface area contributed by atoms with Crippen LogP contribution in [0.25, 0.3) is 0 Å². The third kappa shape index (κ3) is 1.50. The molecule has 0 amide bonds. The molecule has 0 saturated heterocycles. The van der Waals surface area contributed by atoms with Gasteiger partial charge in [0.2, 0.25) is 0 Å². The van der Waals surface area contributed by atoms with Crippen LogP contribution in [0.2, 0.25) is 0 Å². The number of anilines is 2. The molecule has 0 heterocycles. The van der Waals surface area contributed by atoms with Gasteiger partial charge in [0.1, 0.15) is 0 Å². The molecule has 0 bridgehead atoms. The Morgan fingerprint density at radius 2 is 1.69 bits per heavy atom. The molecular weight excluding hydrogens is 277 g/mol. The first kappa shape index (κ1) is 10.3. The van der Waals surface area contributed by atoms with Gasteiger partial charge in [-0.05, 0) is 54.3 Å². The maximum atomic E-state index is 5.81. The van der Waals surface area contributed by atoms with Crippen LogP contribution in [0.4, 0.5) is 17.1 Å². The first-order chi connectivity index (χ1) is 6.00. The Balaban J connectivity index is 3.66. The highest BCUT2D eigenvalue weighted by atomic mass is 127. The van der Waals surface area contributed by atoms with E-state index < -0.39 is 0 Å². The molecule has 0 atom stereocenters. The molecule has 0 aliphatic carbocycles. The number of nitrogens with two attached hydrogens (primary N) is 2. The lowest BCUT2D eigenvalue weighted by atomic mass is 10.1. The van der Waals surface area contributed by atoms with E-state index in [1.54, 1.807) is 0 Å². The van der Waals surface area contributed by atoms with Crippen LogP contribution >= 0.6 is 22.6 Å². The second-order valence-electron chi connectivity index (χ2n) is 2.90. The molecule has 0 aliphatic heterocycles. The Bertz CT molecular complexity index is 343. The molecule has 13 heavy (non-hydrogen) atoms. The standard InChI is InChI=1S/C9H12IN3/c1-4-6(10)5(2)9(13-3)8(12)7(4)11/h3,11-12H2,1-2H3. The molecule has 0 radical (unpaired) electrons. The lowest BCUT2D eigenvalue weighted by Crippen LogP contribution is -2.02. The molecule has 0 spiro atoms. The number of aliphatic imine (C=N–C) groups is 1. The lowest BCUT2D eigenvalue weighted by Gasteiger charge is -2.13. The predicted octanol–water partition coefficient (Wildman–Crippen LogP) is 2.40. The molecule has 0 unspecified atom stereocenters. The Hall–Kier alpha value is -0.780. The fourth-order valence-corrected chi connectivity index (χ4v) is 1.78. The third-order valence-electron chi connectivity index (χ3n) is 2.12. The van der Waals surface area contributed by atoms with E-state index in [4.69, 9.17) is 11.5 Å². The largest absolute Gasteiger partial charge is 0.397 e. The minimum atomic E-state index is 0.533. The summed E-state index contributed by atoms with van der Waals surface area (Å²) in [5.74, 6) is 0. The quantitative estimate of drug-likeness (QED) is 0.473. The predicted molar refractivity (Wildman–Crippen MR) is 66.7 cm³/mol. The van der Waals surface area contributed by atoms with Gasteiger partial charge < -0.3 is 11.5 Å². The van der Waals surface area contributed by atoms with E-state index in [2.05, 4.69) is 34.3 Å². The van der Waals surface area contributed by atoms with Crippen molar-refractivity contribution >= 4 is 46.4 Å². The normalized spacial score (nSPS) is 10.1. The number of nitrogen functional groups attached to an aromatic ring is 2. The van der Waals surface area contributed by atoms with E-state index in [1.807, 2.05) is 13.8 Å². The van der Waals surface area contributed by atoms with Crippen LogP contribution in [0.3, 0.4) is 0 Å². The summed E-state index contributed by atoms with van der Waals surface area (Å²) in [5, 5.41) is 0. The van der Waals surface area contributed by atoms with Crippen molar-refractivity contribution in [1.29, 1.82) is 0 Å². The van der Waals surface area contributed by atoms with Crippen molar-refractivity contribution < 1.29 is 0 Å². The van der Waals surface area contributed by atoms with Crippen molar-refractivity contribution in [3.63, 3.8) is 0 Å². The SMILES string of the molecule is C=Nc1c(C)c(I)c(C)c(N)c1N. The Morgan fingerprint density at radius 1 is 1.15 bits per heavy atom. The molecule has 0 aliphatic rings. The summed E-state index contributed by atoms with van der Waals surface area (Å²) < 4.78 is 1.10. The molecule has 1 aromatic carbocycles. The van der Waals surface area contributed by atoms with Gasteiger partial charge in [0, 0.05) is 3.57 Å². The third-order valence-corrected chi connectivity index (χ3v) is 3.74. The molecule has 3 nitrogen and oxygen atoms in total. The molecule has 0 fully saturated rings. The summed E-state index contributed by atoms with van der Waals surface area (Å²) in [4.78, 5) is 3.87. The van der Waals surface area contributed by atoms with Crippen molar-refractivity contribution in [1.82, 2.24) is 0 Å². The van der Waals surface area contributed by atoms with Crippen LogP contribution in [-0.2, 0) is 0 Å². The van der Waals surface area contributed by atoms with Crippen molar-refractivity contribution in [2.75, 3.05) is 11.5 Å². The van der Waals surface area contributed by atoms with E-state index >= 15 is 0 Å². The highest BCUT2D eigenvalue weighted by Crippen LogP contribution is 2.37. The maximum absolute atomic E-state index is 5.81. The molecule has 0 saturated carbocycles. The fourth-order valence-electron chi connectivity index (χ4n) is 1.24. The monoisotopic (exact) mass is 289 g/mol. The zero-order valence-corrected chi connectivity index (χ0v) is 9.84. The van der Waals surface area contributed by atoms with Crippen molar-refractivity contribution in [2.24, 2.45) is 4.99 Å². The van der Waals surface area contributed by atoms with E-state index in [9.17, 15) is 0 Å². The minimum Gasteiger partial charge on any atom is -0.397 e. The second kappa shape index (κ2) is 3.53. The van der Waals surface area contributed by atoms with Crippen LogP contribution in [0.15, 0.2) is 4.99 Å². The summed E-state index contributed by atoms with van der Waals surface area (Å²) in [7, 11) is 0. The van der Waals surface area contributed by atoms with Crippen LogP contribution in [0.5, 0.6) is 0 Å². The molecule has 1 aromatic rings.